The Bertz CT molecular complexity index is 432. The first-order chi connectivity index (χ1) is 7.49. The molecular weight excluding hydrogens is 270 g/mol. The minimum absolute atomic E-state index is 0.0104. The molecule has 0 aliphatic heterocycles. The van der Waals surface area contributed by atoms with E-state index >= 15 is 0 Å². The van der Waals surface area contributed by atoms with Gasteiger partial charge >= 0.3 is 0 Å². The van der Waals surface area contributed by atoms with E-state index in [1.807, 2.05) is 20.8 Å². The molecule has 0 spiro atoms. The summed E-state index contributed by atoms with van der Waals surface area (Å²) in [6.07, 6.45) is 2.11. The molecule has 1 aromatic rings. The van der Waals surface area contributed by atoms with E-state index in [-0.39, 0.29) is 11.4 Å². The van der Waals surface area contributed by atoms with Crippen molar-refractivity contribution in [1.29, 1.82) is 0 Å². The number of aryl methyl sites for hydroxylation is 2. The van der Waals surface area contributed by atoms with Gasteiger partial charge in [0.05, 0.1) is 11.1 Å². The van der Waals surface area contributed by atoms with Crippen LogP contribution in [0.5, 0.6) is 0 Å². The highest BCUT2D eigenvalue weighted by atomic mass is 79.9. The average Bonchev–Trinajstić information content (AvgIpc) is 2.92. The third kappa shape index (κ3) is 1.90. The molecule has 88 valence electrons. The molecule has 1 fully saturated rings. The molecule has 1 aliphatic rings. The third-order valence-electron chi connectivity index (χ3n) is 3.28. The molecule has 1 aliphatic carbocycles. The predicted molar refractivity (Wildman–Crippen MR) is 66.1 cm³/mol. The van der Waals surface area contributed by atoms with Gasteiger partial charge in [0.15, 0.2) is 0 Å². The number of alkyl halides is 1. The topological polar surface area (TPSA) is 42.2 Å². The average molecular weight is 286 g/mol. The van der Waals surface area contributed by atoms with Crippen LogP contribution in [-0.4, -0.2) is 16.8 Å². The van der Waals surface area contributed by atoms with Crippen molar-refractivity contribution in [3.63, 3.8) is 0 Å². The Labute approximate surface area is 104 Å². The lowest BCUT2D eigenvalue weighted by Gasteiger charge is -2.14. The molecular formula is C12H16BrNO2. The van der Waals surface area contributed by atoms with Crippen molar-refractivity contribution < 1.29 is 9.21 Å². The fourth-order valence-electron chi connectivity index (χ4n) is 1.87. The molecule has 0 atom stereocenters. The molecule has 0 bridgehead atoms. The Morgan fingerprint density at radius 2 is 2.00 bits per heavy atom. The number of rotatable bonds is 3. The summed E-state index contributed by atoms with van der Waals surface area (Å²) in [7, 11) is 0. The van der Waals surface area contributed by atoms with Crippen molar-refractivity contribution in [2.75, 3.05) is 5.33 Å². The molecule has 1 saturated carbocycles. The van der Waals surface area contributed by atoms with Crippen LogP contribution in [0.15, 0.2) is 4.42 Å². The van der Waals surface area contributed by atoms with Crippen molar-refractivity contribution in [2.24, 2.45) is 0 Å². The predicted octanol–water partition coefficient (Wildman–Crippen LogP) is 2.86. The van der Waals surface area contributed by atoms with Gasteiger partial charge in [0.1, 0.15) is 11.5 Å². The van der Waals surface area contributed by atoms with Crippen molar-refractivity contribution in [3.05, 3.63) is 22.6 Å². The van der Waals surface area contributed by atoms with E-state index < -0.39 is 0 Å². The van der Waals surface area contributed by atoms with E-state index in [2.05, 4.69) is 21.2 Å². The lowest BCUT2D eigenvalue weighted by Crippen LogP contribution is -2.38. The van der Waals surface area contributed by atoms with Gasteiger partial charge in [0.2, 0.25) is 0 Å². The highest BCUT2D eigenvalue weighted by molar-refractivity contribution is 9.09. The molecule has 2 rings (SSSR count). The molecule has 3 nitrogen and oxygen atoms in total. The minimum Gasteiger partial charge on any atom is -0.466 e. The second-order valence-electron chi connectivity index (χ2n) is 4.58. The zero-order valence-electron chi connectivity index (χ0n) is 9.82. The number of carbonyl (C=O) groups excluding carboxylic acids is 1. The summed E-state index contributed by atoms with van der Waals surface area (Å²) < 4.78 is 5.46. The Balaban J connectivity index is 2.21. The Morgan fingerprint density at radius 3 is 2.38 bits per heavy atom. The van der Waals surface area contributed by atoms with Crippen LogP contribution in [0.2, 0.25) is 0 Å². The quantitative estimate of drug-likeness (QED) is 0.868. The lowest BCUT2D eigenvalue weighted by molar-refractivity contribution is 0.0934. The summed E-state index contributed by atoms with van der Waals surface area (Å²) in [6.45, 7) is 5.65. The number of halogens is 1. The maximum Gasteiger partial charge on any atom is 0.255 e. The Kier molecular flexibility index (Phi) is 2.86. The van der Waals surface area contributed by atoms with Gasteiger partial charge < -0.3 is 9.73 Å². The molecule has 1 heterocycles. The standard InChI is InChI=1S/C12H16BrNO2/c1-7-8(2)16-9(3)10(7)11(15)14-12(6-13)4-5-12/h4-6H2,1-3H3,(H,14,15). The van der Waals surface area contributed by atoms with E-state index in [1.54, 1.807) is 0 Å². The number of amides is 1. The van der Waals surface area contributed by atoms with E-state index in [4.69, 9.17) is 4.42 Å². The highest BCUT2D eigenvalue weighted by Crippen LogP contribution is 2.37. The van der Waals surface area contributed by atoms with Gasteiger partial charge in [0, 0.05) is 10.9 Å². The second kappa shape index (κ2) is 3.91. The first-order valence-electron chi connectivity index (χ1n) is 5.44. The number of carbonyl (C=O) groups is 1. The maximum atomic E-state index is 12.1. The summed E-state index contributed by atoms with van der Waals surface area (Å²) in [5.74, 6) is 1.52. The van der Waals surface area contributed by atoms with Crippen molar-refractivity contribution in [3.8, 4) is 0 Å². The van der Waals surface area contributed by atoms with Crippen LogP contribution in [0, 0.1) is 20.8 Å². The fourth-order valence-corrected chi connectivity index (χ4v) is 2.57. The smallest absolute Gasteiger partial charge is 0.255 e. The summed E-state index contributed by atoms with van der Waals surface area (Å²) in [5.41, 5.74) is 1.63. The number of furan rings is 1. The molecule has 0 radical (unpaired) electrons. The van der Waals surface area contributed by atoms with Crippen LogP contribution in [0.25, 0.3) is 0 Å². The SMILES string of the molecule is Cc1oc(C)c(C(=O)NC2(CBr)CC2)c1C. The van der Waals surface area contributed by atoms with Crippen LogP contribution >= 0.6 is 15.9 Å². The van der Waals surface area contributed by atoms with Gasteiger partial charge in [-0.05, 0) is 33.6 Å². The first-order valence-corrected chi connectivity index (χ1v) is 6.56. The zero-order valence-corrected chi connectivity index (χ0v) is 11.4. The highest BCUT2D eigenvalue weighted by Gasteiger charge is 2.43. The lowest BCUT2D eigenvalue weighted by atomic mass is 10.1. The van der Waals surface area contributed by atoms with Gasteiger partial charge in [-0.15, -0.1) is 0 Å². The summed E-state index contributed by atoms with van der Waals surface area (Å²) in [5, 5.41) is 3.90. The molecule has 0 saturated heterocycles. The van der Waals surface area contributed by atoms with Gasteiger partial charge in [-0.1, -0.05) is 15.9 Å². The molecule has 4 heteroatoms. The van der Waals surface area contributed by atoms with Crippen LogP contribution in [0.4, 0.5) is 0 Å². The number of nitrogens with one attached hydrogen (secondary N) is 1. The summed E-state index contributed by atoms with van der Waals surface area (Å²) >= 11 is 3.44. The van der Waals surface area contributed by atoms with E-state index in [1.165, 1.54) is 0 Å². The normalized spacial score (nSPS) is 17.2. The maximum absolute atomic E-state index is 12.1. The van der Waals surface area contributed by atoms with Gasteiger partial charge in [-0.2, -0.15) is 0 Å². The van der Waals surface area contributed by atoms with Crippen LogP contribution < -0.4 is 5.32 Å². The largest absolute Gasteiger partial charge is 0.466 e. The molecule has 1 N–H and O–H groups in total. The second-order valence-corrected chi connectivity index (χ2v) is 5.14. The Morgan fingerprint density at radius 1 is 1.38 bits per heavy atom. The molecule has 16 heavy (non-hydrogen) atoms. The third-order valence-corrected chi connectivity index (χ3v) is 4.35. The van der Waals surface area contributed by atoms with E-state index in [9.17, 15) is 4.79 Å². The van der Waals surface area contributed by atoms with Gasteiger partial charge in [0.25, 0.3) is 5.91 Å². The zero-order chi connectivity index (χ0) is 11.9. The fraction of sp³-hybridized carbons (Fsp3) is 0.583. The minimum atomic E-state index is -0.0128. The number of hydrogen-bond donors (Lipinski definition) is 1. The summed E-state index contributed by atoms with van der Waals surface area (Å²) in [6, 6.07) is 0. The molecule has 0 unspecified atom stereocenters. The van der Waals surface area contributed by atoms with Gasteiger partial charge in [-0.3, -0.25) is 4.79 Å². The molecule has 0 aromatic carbocycles. The summed E-state index contributed by atoms with van der Waals surface area (Å²) in [4.78, 5) is 12.1. The van der Waals surface area contributed by atoms with Crippen molar-refractivity contribution in [1.82, 2.24) is 5.32 Å². The van der Waals surface area contributed by atoms with Crippen molar-refractivity contribution in [2.45, 2.75) is 39.2 Å². The first kappa shape index (κ1) is 11.7. The van der Waals surface area contributed by atoms with Crippen molar-refractivity contribution >= 4 is 21.8 Å². The van der Waals surface area contributed by atoms with Gasteiger partial charge in [-0.25, -0.2) is 0 Å². The monoisotopic (exact) mass is 285 g/mol. The van der Waals surface area contributed by atoms with Crippen LogP contribution in [-0.2, 0) is 0 Å². The van der Waals surface area contributed by atoms with Crippen LogP contribution in [0.3, 0.4) is 0 Å². The Hall–Kier alpha value is -0.770. The molecule has 1 aromatic heterocycles. The number of hydrogen-bond acceptors (Lipinski definition) is 2. The van der Waals surface area contributed by atoms with Crippen LogP contribution in [0.1, 0.15) is 40.3 Å². The van der Waals surface area contributed by atoms with E-state index in [0.29, 0.717) is 11.3 Å². The van der Waals surface area contributed by atoms with E-state index in [0.717, 1.165) is 29.5 Å². The molecule has 1 amide bonds.